The second-order valence-corrected chi connectivity index (χ2v) is 4.28. The first-order valence-electron chi connectivity index (χ1n) is 5.74. The zero-order chi connectivity index (χ0) is 11.2. The lowest BCUT2D eigenvalue weighted by molar-refractivity contribution is 0.865. The maximum Gasteiger partial charge on any atom is -0.0185 e. The fourth-order valence-electron chi connectivity index (χ4n) is 1.95. The van der Waals surface area contributed by atoms with Crippen LogP contribution in [-0.4, -0.2) is 0 Å². The summed E-state index contributed by atoms with van der Waals surface area (Å²) in [6.45, 7) is 2.24. The van der Waals surface area contributed by atoms with E-state index < -0.39 is 0 Å². The van der Waals surface area contributed by atoms with Crippen molar-refractivity contribution in [2.24, 2.45) is 0 Å². The highest BCUT2D eigenvalue weighted by molar-refractivity contribution is 5.23. The van der Waals surface area contributed by atoms with E-state index in [9.17, 15) is 0 Å². The van der Waals surface area contributed by atoms with E-state index in [-0.39, 0.29) is 0 Å². The highest BCUT2D eigenvalue weighted by atomic mass is 14.1. The maximum absolute atomic E-state index is 2.24. The maximum atomic E-state index is 2.24. The highest BCUT2D eigenvalue weighted by Gasteiger charge is 2.04. The summed E-state index contributed by atoms with van der Waals surface area (Å²) in [4.78, 5) is 0. The molecule has 0 nitrogen and oxygen atoms in total. The van der Waals surface area contributed by atoms with Crippen LogP contribution in [0.25, 0.3) is 0 Å². The van der Waals surface area contributed by atoms with Crippen LogP contribution in [0, 0.1) is 5.92 Å². The van der Waals surface area contributed by atoms with Crippen molar-refractivity contribution in [3.8, 4) is 0 Å². The van der Waals surface area contributed by atoms with Crippen molar-refractivity contribution in [1.82, 2.24) is 0 Å². The third kappa shape index (κ3) is 3.23. The average molecular weight is 209 g/mol. The van der Waals surface area contributed by atoms with Gasteiger partial charge in [-0.3, -0.25) is 0 Å². The van der Waals surface area contributed by atoms with Gasteiger partial charge < -0.3 is 0 Å². The normalized spacial score (nSPS) is 10.6. The molecule has 0 heterocycles. The standard InChI is InChI=1S/C16H17/c1-14(12-15-8-4-2-5-9-15)13-16-10-6-3-7-11-16/h2-11H,12-13H2,1H3. The molecule has 0 aliphatic rings. The average Bonchev–Trinajstić information content (AvgIpc) is 2.31. The second-order valence-electron chi connectivity index (χ2n) is 4.28. The number of rotatable bonds is 4. The highest BCUT2D eigenvalue weighted by Crippen LogP contribution is 2.15. The van der Waals surface area contributed by atoms with Crippen molar-refractivity contribution in [1.29, 1.82) is 0 Å². The molecule has 0 atom stereocenters. The summed E-state index contributed by atoms with van der Waals surface area (Å²) >= 11 is 0. The fourth-order valence-corrected chi connectivity index (χ4v) is 1.95. The van der Waals surface area contributed by atoms with Crippen LogP contribution in [0.3, 0.4) is 0 Å². The van der Waals surface area contributed by atoms with Gasteiger partial charge in [-0.1, -0.05) is 67.6 Å². The van der Waals surface area contributed by atoms with Crippen molar-refractivity contribution in [2.75, 3.05) is 0 Å². The molecule has 1 radical (unpaired) electrons. The quantitative estimate of drug-likeness (QED) is 0.712. The summed E-state index contributed by atoms with van der Waals surface area (Å²) in [6.07, 6.45) is 2.16. The van der Waals surface area contributed by atoms with Crippen molar-refractivity contribution in [3.05, 3.63) is 77.7 Å². The van der Waals surface area contributed by atoms with Crippen molar-refractivity contribution in [2.45, 2.75) is 19.8 Å². The van der Waals surface area contributed by atoms with Gasteiger partial charge in [-0.05, 0) is 29.9 Å². The zero-order valence-corrected chi connectivity index (χ0v) is 9.69. The molecule has 2 rings (SSSR count). The van der Waals surface area contributed by atoms with E-state index in [2.05, 4.69) is 67.6 Å². The monoisotopic (exact) mass is 209 g/mol. The van der Waals surface area contributed by atoms with Crippen molar-refractivity contribution >= 4 is 0 Å². The van der Waals surface area contributed by atoms with Crippen molar-refractivity contribution in [3.63, 3.8) is 0 Å². The molecule has 0 aliphatic carbocycles. The lowest BCUT2D eigenvalue weighted by atomic mass is 9.94. The summed E-state index contributed by atoms with van der Waals surface area (Å²) in [5.41, 5.74) is 2.80. The van der Waals surface area contributed by atoms with E-state index in [0.29, 0.717) is 0 Å². The van der Waals surface area contributed by atoms with Gasteiger partial charge in [0.05, 0.1) is 0 Å². The van der Waals surface area contributed by atoms with E-state index >= 15 is 0 Å². The lowest BCUT2D eigenvalue weighted by Gasteiger charge is -2.10. The Kier molecular flexibility index (Phi) is 3.76. The summed E-state index contributed by atoms with van der Waals surface area (Å²) in [7, 11) is 0. The Hall–Kier alpha value is -1.56. The minimum Gasteiger partial charge on any atom is -0.0622 e. The Balaban J connectivity index is 1.92. The minimum absolute atomic E-state index is 1.08. The predicted molar refractivity (Wildman–Crippen MR) is 69.2 cm³/mol. The smallest absolute Gasteiger partial charge is 0.0185 e. The minimum atomic E-state index is 1.08. The molecule has 2 aromatic rings. The molecule has 0 aromatic heterocycles. The summed E-state index contributed by atoms with van der Waals surface area (Å²) < 4.78 is 0. The van der Waals surface area contributed by atoms with Gasteiger partial charge in [0.1, 0.15) is 0 Å². The van der Waals surface area contributed by atoms with Crippen LogP contribution >= 0.6 is 0 Å². The summed E-state index contributed by atoms with van der Waals surface area (Å²) in [5, 5.41) is 0. The molecule has 81 valence electrons. The third-order valence-electron chi connectivity index (χ3n) is 2.70. The molecular formula is C16H17. The van der Waals surface area contributed by atoms with Gasteiger partial charge in [0.15, 0.2) is 0 Å². The number of hydrogen-bond donors (Lipinski definition) is 0. The molecule has 0 fully saturated rings. The Labute approximate surface area is 97.9 Å². The molecule has 0 heteroatoms. The molecule has 0 bridgehead atoms. The number of hydrogen-bond acceptors (Lipinski definition) is 0. The first-order valence-corrected chi connectivity index (χ1v) is 5.74. The molecule has 16 heavy (non-hydrogen) atoms. The van der Waals surface area contributed by atoms with Crippen LogP contribution in [0.2, 0.25) is 0 Å². The summed E-state index contributed by atoms with van der Waals surface area (Å²) in [5.74, 6) is 1.51. The first-order chi connectivity index (χ1) is 7.84. The van der Waals surface area contributed by atoms with Gasteiger partial charge >= 0.3 is 0 Å². The van der Waals surface area contributed by atoms with E-state index in [4.69, 9.17) is 0 Å². The van der Waals surface area contributed by atoms with Gasteiger partial charge in [0.25, 0.3) is 0 Å². The topological polar surface area (TPSA) is 0 Å². The molecule has 2 aromatic carbocycles. The SMILES string of the molecule is C[C](Cc1ccccc1)Cc1ccccc1. The zero-order valence-electron chi connectivity index (χ0n) is 9.69. The van der Waals surface area contributed by atoms with E-state index in [1.54, 1.807) is 0 Å². The molecule has 0 N–H and O–H groups in total. The Bertz CT molecular complexity index is 361. The van der Waals surface area contributed by atoms with Gasteiger partial charge in [0.2, 0.25) is 0 Å². The van der Waals surface area contributed by atoms with Gasteiger partial charge in [0, 0.05) is 0 Å². The van der Waals surface area contributed by atoms with Crippen LogP contribution in [0.15, 0.2) is 60.7 Å². The molecule has 0 aliphatic heterocycles. The van der Waals surface area contributed by atoms with E-state index in [1.165, 1.54) is 17.0 Å². The number of benzene rings is 2. The Morgan fingerprint density at radius 2 is 1.06 bits per heavy atom. The van der Waals surface area contributed by atoms with E-state index in [1.807, 2.05) is 0 Å². The molecular weight excluding hydrogens is 192 g/mol. The van der Waals surface area contributed by atoms with Gasteiger partial charge in [-0.25, -0.2) is 0 Å². The first kappa shape index (κ1) is 10.9. The molecule has 0 saturated carbocycles. The predicted octanol–water partition coefficient (Wildman–Crippen LogP) is 4.07. The Morgan fingerprint density at radius 1 is 0.688 bits per heavy atom. The van der Waals surface area contributed by atoms with Crippen LogP contribution in [0.4, 0.5) is 0 Å². The fraction of sp³-hybridized carbons (Fsp3) is 0.188. The van der Waals surface area contributed by atoms with Gasteiger partial charge in [-0.15, -0.1) is 0 Å². The van der Waals surface area contributed by atoms with E-state index in [0.717, 1.165) is 12.8 Å². The molecule has 0 amide bonds. The van der Waals surface area contributed by atoms with Crippen molar-refractivity contribution < 1.29 is 0 Å². The van der Waals surface area contributed by atoms with Gasteiger partial charge in [-0.2, -0.15) is 0 Å². The largest absolute Gasteiger partial charge is 0.0622 e. The van der Waals surface area contributed by atoms with Crippen LogP contribution in [-0.2, 0) is 12.8 Å². The van der Waals surface area contributed by atoms with Crippen LogP contribution in [0.5, 0.6) is 0 Å². The molecule has 0 unspecified atom stereocenters. The lowest BCUT2D eigenvalue weighted by Crippen LogP contribution is -2.01. The molecule has 0 spiro atoms. The summed E-state index contributed by atoms with van der Waals surface area (Å²) in [6, 6.07) is 21.3. The molecule has 0 saturated heterocycles. The Morgan fingerprint density at radius 3 is 1.44 bits per heavy atom. The second kappa shape index (κ2) is 5.50. The van der Waals surface area contributed by atoms with Crippen LogP contribution < -0.4 is 0 Å². The van der Waals surface area contributed by atoms with Crippen LogP contribution in [0.1, 0.15) is 18.1 Å². The third-order valence-corrected chi connectivity index (χ3v) is 2.70.